The van der Waals surface area contributed by atoms with Gasteiger partial charge in [-0.25, -0.2) is 0 Å². The molecule has 1 aliphatic heterocycles. The number of ether oxygens (including phenoxy) is 1. The van der Waals surface area contributed by atoms with Gasteiger partial charge in [0.2, 0.25) is 5.91 Å². The van der Waals surface area contributed by atoms with Crippen molar-refractivity contribution in [3.8, 4) is 5.75 Å². The van der Waals surface area contributed by atoms with E-state index in [0.717, 1.165) is 42.8 Å². The molecule has 2 unspecified atom stereocenters. The minimum absolute atomic E-state index is 0.123. The van der Waals surface area contributed by atoms with E-state index in [2.05, 4.69) is 11.0 Å². The first-order valence-electron chi connectivity index (χ1n) is 10.1. The average molecular weight is 413 g/mol. The second-order valence-corrected chi connectivity index (χ2v) is 8.22. The topological polar surface area (TPSA) is 72.6 Å². The van der Waals surface area contributed by atoms with E-state index in [1.807, 2.05) is 36.4 Å². The smallest absolute Gasteiger partial charge is 0.255 e. The van der Waals surface area contributed by atoms with Gasteiger partial charge in [0.25, 0.3) is 5.91 Å². The zero-order valence-electron chi connectivity index (χ0n) is 16.3. The van der Waals surface area contributed by atoms with E-state index in [9.17, 15) is 9.59 Å². The van der Waals surface area contributed by atoms with Crippen molar-refractivity contribution in [1.82, 2.24) is 4.90 Å². The van der Waals surface area contributed by atoms with Gasteiger partial charge in [-0.05, 0) is 60.6 Å². The van der Waals surface area contributed by atoms with Gasteiger partial charge in [-0.15, -0.1) is 0 Å². The van der Waals surface area contributed by atoms with Gasteiger partial charge in [-0.2, -0.15) is 0 Å². The number of hydrogen-bond donors (Lipinski definition) is 1. The average Bonchev–Trinajstić information content (AvgIpc) is 3.14. The lowest BCUT2D eigenvalue weighted by atomic mass is 9.75. The van der Waals surface area contributed by atoms with Crippen LogP contribution in [0, 0.1) is 0 Å². The number of carbonyl (C=O) groups is 2. The Hall–Kier alpha value is -2.53. The number of benzene rings is 2. The molecular formula is C23H25ClN2O3. The first kappa shape index (κ1) is 19.8. The van der Waals surface area contributed by atoms with Crippen LogP contribution in [0.1, 0.15) is 41.9 Å². The van der Waals surface area contributed by atoms with Gasteiger partial charge >= 0.3 is 0 Å². The van der Waals surface area contributed by atoms with Crippen LogP contribution < -0.4 is 10.5 Å². The van der Waals surface area contributed by atoms with E-state index in [1.165, 1.54) is 11.1 Å². The molecular weight excluding hydrogens is 388 g/mol. The molecule has 1 fully saturated rings. The molecule has 2 amide bonds. The molecule has 1 aliphatic carbocycles. The number of fused-ring (bicyclic) bond motifs is 1. The van der Waals surface area contributed by atoms with Crippen LogP contribution in [-0.2, 0) is 22.4 Å². The third-order valence-corrected chi connectivity index (χ3v) is 6.35. The van der Waals surface area contributed by atoms with Crippen molar-refractivity contribution >= 4 is 23.4 Å². The highest BCUT2D eigenvalue weighted by molar-refractivity contribution is 6.31. The number of nitrogens with two attached hydrogens (primary N) is 1. The van der Waals surface area contributed by atoms with Gasteiger partial charge in [0.15, 0.2) is 6.61 Å². The molecule has 2 aliphatic rings. The molecule has 29 heavy (non-hydrogen) atoms. The van der Waals surface area contributed by atoms with E-state index in [4.69, 9.17) is 22.1 Å². The molecule has 4 rings (SSSR count). The highest BCUT2D eigenvalue weighted by atomic mass is 35.5. The minimum atomic E-state index is -0.504. The molecule has 2 aromatic rings. The Labute approximate surface area is 175 Å². The number of nitrogens with zero attached hydrogens (tertiary/aromatic N) is 1. The van der Waals surface area contributed by atoms with E-state index >= 15 is 0 Å². The number of aryl methyl sites for hydroxylation is 1. The maximum atomic E-state index is 12.5. The van der Waals surface area contributed by atoms with Crippen LogP contribution >= 0.6 is 11.6 Å². The third kappa shape index (κ3) is 4.25. The second kappa shape index (κ2) is 8.46. The summed E-state index contributed by atoms with van der Waals surface area (Å²) in [5, 5.41) is 0.743. The van der Waals surface area contributed by atoms with Crippen molar-refractivity contribution in [2.45, 2.75) is 44.1 Å². The van der Waals surface area contributed by atoms with Gasteiger partial charge in [-0.1, -0.05) is 35.9 Å². The van der Waals surface area contributed by atoms with E-state index < -0.39 is 5.91 Å². The van der Waals surface area contributed by atoms with Crippen LogP contribution in [0.3, 0.4) is 0 Å². The molecule has 2 atom stereocenters. The number of carbonyl (C=O) groups excluding carboxylic acids is 2. The molecule has 0 saturated carbocycles. The normalized spacial score (nSPS) is 21.1. The maximum Gasteiger partial charge on any atom is 0.255 e. The minimum Gasteiger partial charge on any atom is -0.484 e. The molecule has 1 heterocycles. The molecule has 2 aromatic carbocycles. The van der Waals surface area contributed by atoms with Crippen LogP contribution in [0.2, 0.25) is 5.02 Å². The fourth-order valence-corrected chi connectivity index (χ4v) is 4.85. The van der Waals surface area contributed by atoms with Crippen molar-refractivity contribution in [2.75, 3.05) is 13.2 Å². The van der Waals surface area contributed by atoms with E-state index in [0.29, 0.717) is 12.2 Å². The first-order valence-corrected chi connectivity index (χ1v) is 10.5. The lowest BCUT2D eigenvalue weighted by Gasteiger charge is -2.39. The Morgan fingerprint density at radius 1 is 1.21 bits per heavy atom. The molecule has 5 nitrogen and oxygen atoms in total. The van der Waals surface area contributed by atoms with Gasteiger partial charge in [0, 0.05) is 29.9 Å². The number of rotatable bonds is 6. The molecule has 2 N–H and O–H groups in total. The van der Waals surface area contributed by atoms with Crippen LogP contribution in [-0.4, -0.2) is 35.9 Å². The summed E-state index contributed by atoms with van der Waals surface area (Å²) >= 11 is 6.47. The van der Waals surface area contributed by atoms with Crippen molar-refractivity contribution in [2.24, 2.45) is 5.73 Å². The highest BCUT2D eigenvalue weighted by Gasteiger charge is 2.38. The second-order valence-electron chi connectivity index (χ2n) is 7.81. The zero-order chi connectivity index (χ0) is 20.4. The predicted octanol–water partition coefficient (Wildman–Crippen LogP) is 3.47. The SMILES string of the molecule is NC(=O)COc1ccc2c(c1)C(Cc1ccccc1Cl)C(N1CCCC1=O)CC2. The van der Waals surface area contributed by atoms with Crippen LogP contribution in [0.5, 0.6) is 5.75 Å². The Morgan fingerprint density at radius 2 is 2.03 bits per heavy atom. The van der Waals surface area contributed by atoms with Crippen molar-refractivity contribution in [1.29, 1.82) is 0 Å². The van der Waals surface area contributed by atoms with Gasteiger partial charge < -0.3 is 15.4 Å². The number of hydrogen-bond acceptors (Lipinski definition) is 3. The third-order valence-electron chi connectivity index (χ3n) is 5.98. The van der Waals surface area contributed by atoms with Gasteiger partial charge in [0.05, 0.1) is 0 Å². The quantitative estimate of drug-likeness (QED) is 0.789. The van der Waals surface area contributed by atoms with Crippen molar-refractivity contribution < 1.29 is 14.3 Å². The number of halogens is 1. The largest absolute Gasteiger partial charge is 0.484 e. The monoisotopic (exact) mass is 412 g/mol. The number of amides is 2. The fraction of sp³-hybridized carbons (Fsp3) is 0.391. The summed E-state index contributed by atoms with van der Waals surface area (Å²) in [6.45, 7) is 0.664. The zero-order valence-corrected chi connectivity index (χ0v) is 17.0. The fourth-order valence-electron chi connectivity index (χ4n) is 4.64. The summed E-state index contributed by atoms with van der Waals surface area (Å²) in [6.07, 6.45) is 4.15. The summed E-state index contributed by atoms with van der Waals surface area (Å²) in [4.78, 5) is 25.7. The van der Waals surface area contributed by atoms with Crippen molar-refractivity contribution in [3.63, 3.8) is 0 Å². The van der Waals surface area contributed by atoms with Crippen LogP contribution in [0.25, 0.3) is 0 Å². The Bertz CT molecular complexity index is 930. The van der Waals surface area contributed by atoms with E-state index in [-0.39, 0.29) is 24.5 Å². The predicted molar refractivity (Wildman–Crippen MR) is 112 cm³/mol. The first-order chi connectivity index (χ1) is 14.0. The number of primary amides is 1. The summed E-state index contributed by atoms with van der Waals surface area (Å²) < 4.78 is 5.56. The molecule has 6 heteroatoms. The van der Waals surface area contributed by atoms with Gasteiger partial charge in [0.1, 0.15) is 5.75 Å². The highest BCUT2D eigenvalue weighted by Crippen LogP contribution is 2.41. The molecule has 0 spiro atoms. The van der Waals surface area contributed by atoms with Crippen LogP contribution in [0.15, 0.2) is 42.5 Å². The molecule has 152 valence electrons. The van der Waals surface area contributed by atoms with Crippen LogP contribution in [0.4, 0.5) is 0 Å². The summed E-state index contributed by atoms with van der Waals surface area (Å²) in [5.74, 6) is 0.484. The molecule has 0 radical (unpaired) electrons. The lowest BCUT2D eigenvalue weighted by molar-refractivity contribution is -0.130. The van der Waals surface area contributed by atoms with Crippen molar-refractivity contribution in [3.05, 3.63) is 64.2 Å². The summed E-state index contributed by atoms with van der Waals surface area (Å²) in [5.41, 5.74) is 8.73. The maximum absolute atomic E-state index is 12.5. The molecule has 1 saturated heterocycles. The standard InChI is InChI=1S/C23H25ClN2O3/c24-20-5-2-1-4-16(20)12-19-18-13-17(29-14-22(25)27)9-7-15(18)8-10-21(19)26-11-3-6-23(26)28/h1-2,4-5,7,9,13,19,21H,3,6,8,10-12,14H2,(H2,25,27). The summed E-state index contributed by atoms with van der Waals surface area (Å²) in [7, 11) is 0. The molecule has 0 bridgehead atoms. The number of likely N-dealkylation sites (tertiary alicyclic amines) is 1. The molecule has 0 aromatic heterocycles. The van der Waals surface area contributed by atoms with E-state index in [1.54, 1.807) is 0 Å². The Morgan fingerprint density at radius 3 is 2.76 bits per heavy atom. The Kier molecular flexibility index (Phi) is 5.76. The summed E-state index contributed by atoms with van der Waals surface area (Å²) in [6, 6.07) is 14.0. The van der Waals surface area contributed by atoms with Gasteiger partial charge in [-0.3, -0.25) is 9.59 Å². The lowest BCUT2D eigenvalue weighted by Crippen LogP contribution is -2.43. The Balaban J connectivity index is 1.70.